The molecule has 7 nitrogen and oxygen atoms in total. The molecule has 1 N–H and O–H groups in total. The number of carbonyl (C=O) groups is 1. The van der Waals surface area contributed by atoms with Crippen molar-refractivity contribution in [2.24, 2.45) is 0 Å². The number of rotatable bonds is 9. The van der Waals surface area contributed by atoms with Gasteiger partial charge in [0.25, 0.3) is 0 Å². The average molecular weight is 413 g/mol. The fraction of sp³-hybridized carbons (Fsp3) is 0.167. The van der Waals surface area contributed by atoms with Gasteiger partial charge in [-0.15, -0.1) is 10.2 Å². The minimum Gasteiger partial charge on any atom is -0.369 e. The molecule has 0 radical (unpaired) electrons. The first kappa shape index (κ1) is 20.4. The first-order valence-corrected chi connectivity index (χ1v) is 10.0. The maximum absolute atomic E-state index is 12.8. The van der Waals surface area contributed by atoms with Gasteiger partial charge in [-0.1, -0.05) is 71.5 Å². The number of aryl methyl sites for hydroxylation is 1. The first-order valence-electron chi connectivity index (χ1n) is 10.0. The first-order chi connectivity index (χ1) is 15.2. The van der Waals surface area contributed by atoms with Gasteiger partial charge >= 0.3 is 0 Å². The second-order valence-electron chi connectivity index (χ2n) is 7.21. The molecule has 156 valence electrons. The molecule has 0 aliphatic heterocycles. The van der Waals surface area contributed by atoms with Crippen molar-refractivity contribution in [3.8, 4) is 0 Å². The zero-order valence-corrected chi connectivity index (χ0v) is 17.2. The lowest BCUT2D eigenvalue weighted by Gasteiger charge is -2.06. The highest BCUT2D eigenvalue weighted by Crippen LogP contribution is 2.13. The number of hydrogen-bond acceptors (Lipinski definition) is 5. The summed E-state index contributed by atoms with van der Waals surface area (Å²) in [5, 5.41) is 13.6. The van der Waals surface area contributed by atoms with Crippen molar-refractivity contribution in [1.82, 2.24) is 25.2 Å². The number of tetrazole rings is 1. The highest BCUT2D eigenvalue weighted by Gasteiger charge is 2.12. The summed E-state index contributed by atoms with van der Waals surface area (Å²) in [5.74, 6) is 0.563. The third kappa shape index (κ3) is 5.40. The third-order valence-corrected chi connectivity index (χ3v) is 4.86. The lowest BCUT2D eigenvalue weighted by atomic mass is 10.1. The van der Waals surface area contributed by atoms with Gasteiger partial charge in [-0.05, 0) is 30.2 Å². The van der Waals surface area contributed by atoms with E-state index in [-0.39, 0.29) is 5.78 Å². The normalized spacial score (nSPS) is 11.3. The average Bonchev–Trinajstić information content (AvgIpc) is 3.47. The van der Waals surface area contributed by atoms with E-state index in [9.17, 15) is 4.79 Å². The molecule has 0 fully saturated rings. The molecule has 0 spiro atoms. The molecule has 0 bridgehead atoms. The highest BCUT2D eigenvalue weighted by molar-refractivity contribution is 6.08. The van der Waals surface area contributed by atoms with Gasteiger partial charge < -0.3 is 9.30 Å². The minimum absolute atomic E-state index is 0.0311. The van der Waals surface area contributed by atoms with Crippen LogP contribution in [0.4, 0.5) is 0 Å². The second kappa shape index (κ2) is 9.77. The Balaban J connectivity index is 1.32. The smallest absolute Gasteiger partial charge is 0.209 e. The van der Waals surface area contributed by atoms with Crippen LogP contribution in [-0.2, 0) is 24.5 Å². The van der Waals surface area contributed by atoms with Crippen molar-refractivity contribution < 1.29 is 9.53 Å². The topological polar surface area (TPSA) is 85.7 Å². The Bertz CT molecular complexity index is 1140. The number of benzene rings is 2. The van der Waals surface area contributed by atoms with Crippen LogP contribution < -0.4 is 0 Å². The minimum atomic E-state index is 0.0311. The van der Waals surface area contributed by atoms with Crippen LogP contribution in [0.3, 0.4) is 0 Å². The summed E-state index contributed by atoms with van der Waals surface area (Å²) in [7, 11) is 0. The Labute approximate surface area is 180 Å². The van der Waals surface area contributed by atoms with Crippen LogP contribution in [0, 0.1) is 6.92 Å². The number of aromatic nitrogens is 5. The van der Waals surface area contributed by atoms with Crippen LogP contribution in [-0.4, -0.2) is 31.0 Å². The molecular formula is C24H23N5O2. The lowest BCUT2D eigenvalue weighted by molar-refractivity contribution is 0.102. The fourth-order valence-corrected chi connectivity index (χ4v) is 3.16. The zero-order chi connectivity index (χ0) is 21.5. The number of hydrogen-bond donors (Lipinski definition) is 1. The Kier molecular flexibility index (Phi) is 6.44. The quantitative estimate of drug-likeness (QED) is 0.420. The summed E-state index contributed by atoms with van der Waals surface area (Å²) >= 11 is 0. The van der Waals surface area contributed by atoms with Gasteiger partial charge in [-0.3, -0.25) is 4.79 Å². The van der Waals surface area contributed by atoms with E-state index < -0.39 is 0 Å². The molecule has 0 unspecified atom stereocenters. The van der Waals surface area contributed by atoms with Gasteiger partial charge in [0.05, 0.1) is 12.3 Å². The van der Waals surface area contributed by atoms with Gasteiger partial charge in [-0.25, -0.2) is 0 Å². The summed E-state index contributed by atoms with van der Waals surface area (Å²) in [6, 6.07) is 19.6. The molecule has 4 aromatic rings. The fourth-order valence-electron chi connectivity index (χ4n) is 3.16. The third-order valence-electron chi connectivity index (χ3n) is 4.86. The standard InChI is InChI=1S/C24H23N5O2/c1-18-6-12-21(13-7-18)24(30)22-5-3-15-29(22)14-2-4-19-8-10-20(11-9-19)16-31-17-23-25-27-28-26-23/h2-13,15H,14,16-17H2,1H3,(H,25,26,27,28)/b4-2+. The van der Waals surface area contributed by atoms with Crippen molar-refractivity contribution in [3.05, 3.63) is 107 Å². The Hall–Kier alpha value is -3.84. The zero-order valence-electron chi connectivity index (χ0n) is 17.2. The molecular weight excluding hydrogens is 390 g/mol. The van der Waals surface area contributed by atoms with Crippen molar-refractivity contribution in [2.75, 3.05) is 0 Å². The Morgan fingerprint density at radius 2 is 1.87 bits per heavy atom. The molecule has 31 heavy (non-hydrogen) atoms. The van der Waals surface area contributed by atoms with Crippen molar-refractivity contribution >= 4 is 11.9 Å². The van der Waals surface area contributed by atoms with Crippen LogP contribution >= 0.6 is 0 Å². The molecule has 0 atom stereocenters. The molecule has 0 saturated heterocycles. The summed E-state index contributed by atoms with van der Waals surface area (Å²) in [5.41, 5.74) is 4.67. The van der Waals surface area contributed by atoms with Crippen LogP contribution in [0.15, 0.2) is 72.9 Å². The maximum Gasteiger partial charge on any atom is 0.209 e. The number of nitrogens with one attached hydrogen (secondary N) is 1. The SMILES string of the molecule is Cc1ccc(C(=O)c2cccn2C/C=C/c2ccc(COCc3nn[nH]n3)cc2)cc1. The van der Waals surface area contributed by atoms with E-state index in [4.69, 9.17) is 4.74 Å². The van der Waals surface area contributed by atoms with Crippen LogP contribution in [0.5, 0.6) is 0 Å². The van der Waals surface area contributed by atoms with E-state index in [0.717, 1.165) is 16.7 Å². The summed E-state index contributed by atoms with van der Waals surface area (Å²) in [4.78, 5) is 12.8. The summed E-state index contributed by atoms with van der Waals surface area (Å²) in [6.45, 7) is 3.43. The van der Waals surface area contributed by atoms with E-state index in [1.54, 1.807) is 0 Å². The molecule has 0 amide bonds. The van der Waals surface area contributed by atoms with Crippen LogP contribution in [0.2, 0.25) is 0 Å². The van der Waals surface area contributed by atoms with Crippen molar-refractivity contribution in [1.29, 1.82) is 0 Å². The number of ether oxygens (including phenoxy) is 1. The van der Waals surface area contributed by atoms with E-state index >= 15 is 0 Å². The second-order valence-corrected chi connectivity index (χ2v) is 7.21. The van der Waals surface area contributed by atoms with Gasteiger partial charge in [-0.2, -0.15) is 5.21 Å². The Morgan fingerprint density at radius 1 is 1.06 bits per heavy atom. The number of nitrogens with zero attached hydrogens (tertiary/aromatic N) is 4. The molecule has 0 aliphatic carbocycles. The molecule has 0 aliphatic rings. The van der Waals surface area contributed by atoms with E-state index in [2.05, 4.69) is 20.6 Å². The summed E-state index contributed by atoms with van der Waals surface area (Å²) in [6.07, 6.45) is 6.02. The highest BCUT2D eigenvalue weighted by atomic mass is 16.5. The molecule has 2 aromatic carbocycles. The van der Waals surface area contributed by atoms with E-state index in [1.807, 2.05) is 90.5 Å². The number of allylic oxidation sites excluding steroid dienone is 1. The number of aromatic amines is 1. The predicted octanol–water partition coefficient (Wildman–Crippen LogP) is 3.97. The lowest BCUT2D eigenvalue weighted by Crippen LogP contribution is -2.09. The summed E-state index contributed by atoms with van der Waals surface area (Å²) < 4.78 is 7.53. The number of ketones is 1. The molecule has 0 saturated carbocycles. The van der Waals surface area contributed by atoms with Gasteiger partial charge in [0.1, 0.15) is 6.61 Å². The number of carbonyl (C=O) groups excluding carboxylic acids is 1. The molecule has 4 rings (SSSR count). The Morgan fingerprint density at radius 3 is 2.61 bits per heavy atom. The van der Waals surface area contributed by atoms with Gasteiger partial charge in [0, 0.05) is 18.3 Å². The molecule has 2 aromatic heterocycles. The monoisotopic (exact) mass is 413 g/mol. The van der Waals surface area contributed by atoms with Crippen LogP contribution in [0.1, 0.15) is 38.6 Å². The van der Waals surface area contributed by atoms with Crippen molar-refractivity contribution in [2.45, 2.75) is 26.7 Å². The van der Waals surface area contributed by atoms with Crippen LogP contribution in [0.25, 0.3) is 6.08 Å². The maximum atomic E-state index is 12.8. The number of H-pyrrole nitrogens is 1. The molecule has 7 heteroatoms. The van der Waals surface area contributed by atoms with Gasteiger partial charge in [0.15, 0.2) is 5.82 Å². The van der Waals surface area contributed by atoms with Gasteiger partial charge in [0.2, 0.25) is 5.78 Å². The van der Waals surface area contributed by atoms with Crippen molar-refractivity contribution in [3.63, 3.8) is 0 Å². The molecule has 2 heterocycles. The largest absolute Gasteiger partial charge is 0.369 e. The van der Waals surface area contributed by atoms with E-state index in [0.29, 0.717) is 36.8 Å². The van der Waals surface area contributed by atoms with E-state index in [1.165, 1.54) is 0 Å². The predicted molar refractivity (Wildman–Crippen MR) is 117 cm³/mol.